The van der Waals surface area contributed by atoms with Crippen LogP contribution in [-0.2, 0) is 6.54 Å². The molecule has 0 radical (unpaired) electrons. The summed E-state index contributed by atoms with van der Waals surface area (Å²) in [6.45, 7) is 2.61. The highest BCUT2D eigenvalue weighted by Gasteiger charge is 2.22. The second-order valence-corrected chi connectivity index (χ2v) is 4.27. The van der Waals surface area contributed by atoms with Crippen LogP contribution in [0.5, 0.6) is 17.2 Å². The summed E-state index contributed by atoms with van der Waals surface area (Å²) in [7, 11) is 4.55. The number of rotatable bonds is 6. The Kier molecular flexibility index (Phi) is 4.47. The average Bonchev–Trinajstić information content (AvgIpc) is 3.01. The monoisotopic (exact) mass is 290 g/mol. The van der Waals surface area contributed by atoms with E-state index < -0.39 is 0 Å². The van der Waals surface area contributed by atoms with Gasteiger partial charge in [-0.3, -0.25) is 4.79 Å². The highest BCUT2D eigenvalue weighted by atomic mass is 16.5. The van der Waals surface area contributed by atoms with Crippen LogP contribution in [0.2, 0.25) is 0 Å². The zero-order valence-corrected chi connectivity index (χ0v) is 12.5. The molecule has 0 atom stereocenters. The lowest BCUT2D eigenvalue weighted by atomic mass is 10.1. The van der Waals surface area contributed by atoms with Crippen LogP contribution >= 0.6 is 0 Å². The molecule has 0 saturated heterocycles. The van der Waals surface area contributed by atoms with Crippen molar-refractivity contribution in [1.29, 1.82) is 0 Å². The lowest BCUT2D eigenvalue weighted by Crippen LogP contribution is -2.12. The SMILES string of the molecule is CCn1ccnc1C(=O)c1cc(OC)c(OC)cc1OC. The van der Waals surface area contributed by atoms with Crippen LogP contribution in [0, 0.1) is 0 Å². The molecule has 0 amide bonds. The molecule has 0 aliphatic carbocycles. The van der Waals surface area contributed by atoms with Crippen molar-refractivity contribution in [2.75, 3.05) is 21.3 Å². The van der Waals surface area contributed by atoms with Gasteiger partial charge in [-0.25, -0.2) is 4.98 Å². The number of ketones is 1. The maximum absolute atomic E-state index is 12.7. The number of methoxy groups -OCH3 is 3. The topological polar surface area (TPSA) is 62.6 Å². The fourth-order valence-electron chi connectivity index (χ4n) is 2.10. The molecule has 2 aromatic rings. The largest absolute Gasteiger partial charge is 0.496 e. The first-order valence-corrected chi connectivity index (χ1v) is 6.52. The molecule has 6 heteroatoms. The summed E-state index contributed by atoms with van der Waals surface area (Å²) in [6, 6.07) is 3.24. The van der Waals surface area contributed by atoms with Gasteiger partial charge in [0.25, 0.3) is 0 Å². The van der Waals surface area contributed by atoms with Crippen LogP contribution in [0.1, 0.15) is 23.1 Å². The third kappa shape index (κ3) is 2.69. The Morgan fingerprint density at radius 3 is 2.29 bits per heavy atom. The fourth-order valence-corrected chi connectivity index (χ4v) is 2.10. The standard InChI is InChI=1S/C15H18N2O4/c1-5-17-7-6-16-15(17)14(18)10-8-12(20-3)13(21-4)9-11(10)19-2/h6-9H,5H2,1-4H3. The number of aromatic nitrogens is 2. The average molecular weight is 290 g/mol. The molecule has 0 aliphatic rings. The molecule has 0 saturated carbocycles. The molecule has 6 nitrogen and oxygen atoms in total. The van der Waals surface area contributed by atoms with Crippen molar-refractivity contribution < 1.29 is 19.0 Å². The van der Waals surface area contributed by atoms with E-state index in [0.717, 1.165) is 0 Å². The van der Waals surface area contributed by atoms with Crippen LogP contribution in [0.25, 0.3) is 0 Å². The van der Waals surface area contributed by atoms with E-state index in [2.05, 4.69) is 4.98 Å². The number of aryl methyl sites for hydroxylation is 1. The van der Waals surface area contributed by atoms with Crippen molar-refractivity contribution in [2.24, 2.45) is 0 Å². The second-order valence-electron chi connectivity index (χ2n) is 4.27. The van der Waals surface area contributed by atoms with Gasteiger partial charge in [-0.2, -0.15) is 0 Å². The van der Waals surface area contributed by atoms with Gasteiger partial charge in [0.2, 0.25) is 5.78 Å². The van der Waals surface area contributed by atoms with Gasteiger partial charge >= 0.3 is 0 Å². The van der Waals surface area contributed by atoms with Crippen LogP contribution in [0.4, 0.5) is 0 Å². The van der Waals surface area contributed by atoms with E-state index in [0.29, 0.717) is 35.2 Å². The Bertz CT molecular complexity index is 649. The van der Waals surface area contributed by atoms with Crippen LogP contribution in [-0.4, -0.2) is 36.7 Å². The van der Waals surface area contributed by atoms with Crippen molar-refractivity contribution in [3.63, 3.8) is 0 Å². The number of benzene rings is 1. The third-order valence-corrected chi connectivity index (χ3v) is 3.21. The van der Waals surface area contributed by atoms with E-state index in [4.69, 9.17) is 14.2 Å². The Hall–Kier alpha value is -2.50. The Labute approximate surface area is 123 Å². The van der Waals surface area contributed by atoms with Gasteiger partial charge in [0, 0.05) is 25.0 Å². The van der Waals surface area contributed by atoms with Gasteiger partial charge in [-0.05, 0) is 13.0 Å². The predicted molar refractivity (Wildman–Crippen MR) is 77.4 cm³/mol. The molecule has 0 bridgehead atoms. The molecule has 0 aliphatic heterocycles. The lowest BCUT2D eigenvalue weighted by Gasteiger charge is -2.13. The van der Waals surface area contributed by atoms with Gasteiger partial charge in [0.05, 0.1) is 26.9 Å². The zero-order valence-electron chi connectivity index (χ0n) is 12.5. The molecule has 1 heterocycles. The molecule has 1 aromatic heterocycles. The van der Waals surface area contributed by atoms with Crippen molar-refractivity contribution in [3.8, 4) is 17.2 Å². The number of carbonyl (C=O) groups excluding carboxylic acids is 1. The fraction of sp³-hybridized carbons (Fsp3) is 0.333. The number of imidazole rings is 1. The number of hydrogen-bond acceptors (Lipinski definition) is 5. The Balaban J connectivity index is 2.54. The first kappa shape index (κ1) is 14.9. The van der Waals surface area contributed by atoms with Crippen LogP contribution in [0.3, 0.4) is 0 Å². The molecular formula is C15H18N2O4. The molecule has 0 spiro atoms. The maximum Gasteiger partial charge on any atom is 0.232 e. The molecule has 0 fully saturated rings. The summed E-state index contributed by atoms with van der Waals surface area (Å²) in [5.41, 5.74) is 0.385. The summed E-state index contributed by atoms with van der Waals surface area (Å²) in [5.74, 6) is 1.53. The van der Waals surface area contributed by atoms with Gasteiger partial charge in [0.15, 0.2) is 17.3 Å². The minimum atomic E-state index is -0.223. The molecule has 21 heavy (non-hydrogen) atoms. The molecular weight excluding hydrogens is 272 g/mol. The van der Waals surface area contributed by atoms with Gasteiger partial charge in [-0.15, -0.1) is 0 Å². The molecule has 2 rings (SSSR count). The summed E-state index contributed by atoms with van der Waals surface area (Å²) < 4.78 is 17.5. The van der Waals surface area contributed by atoms with Gasteiger partial charge in [0.1, 0.15) is 5.75 Å². The number of ether oxygens (including phenoxy) is 3. The molecule has 0 unspecified atom stereocenters. The van der Waals surface area contributed by atoms with Crippen molar-refractivity contribution in [2.45, 2.75) is 13.5 Å². The van der Waals surface area contributed by atoms with Gasteiger partial charge < -0.3 is 18.8 Å². The minimum Gasteiger partial charge on any atom is -0.496 e. The first-order valence-electron chi connectivity index (χ1n) is 6.52. The smallest absolute Gasteiger partial charge is 0.232 e. The van der Waals surface area contributed by atoms with E-state index in [-0.39, 0.29) is 5.78 Å². The summed E-state index contributed by atoms with van der Waals surface area (Å²) in [4.78, 5) is 16.8. The van der Waals surface area contributed by atoms with Gasteiger partial charge in [-0.1, -0.05) is 0 Å². The zero-order chi connectivity index (χ0) is 15.4. The predicted octanol–water partition coefficient (Wildman–Crippen LogP) is 2.16. The lowest BCUT2D eigenvalue weighted by molar-refractivity contribution is 0.102. The molecule has 0 N–H and O–H groups in total. The highest BCUT2D eigenvalue weighted by molar-refractivity contribution is 6.09. The Morgan fingerprint density at radius 1 is 1.10 bits per heavy atom. The molecule has 1 aromatic carbocycles. The van der Waals surface area contributed by atoms with Crippen molar-refractivity contribution >= 4 is 5.78 Å². The maximum atomic E-state index is 12.7. The minimum absolute atomic E-state index is 0.223. The van der Waals surface area contributed by atoms with E-state index in [1.807, 2.05) is 6.92 Å². The third-order valence-electron chi connectivity index (χ3n) is 3.21. The summed E-state index contributed by atoms with van der Waals surface area (Å²) in [5, 5.41) is 0. The normalized spacial score (nSPS) is 10.3. The Morgan fingerprint density at radius 2 is 1.71 bits per heavy atom. The quantitative estimate of drug-likeness (QED) is 0.763. The van der Waals surface area contributed by atoms with Crippen molar-refractivity contribution in [3.05, 3.63) is 35.9 Å². The number of carbonyl (C=O) groups is 1. The second kappa shape index (κ2) is 6.30. The number of hydrogen-bond donors (Lipinski definition) is 0. The van der Waals surface area contributed by atoms with E-state index in [1.165, 1.54) is 21.3 Å². The summed E-state index contributed by atoms with van der Waals surface area (Å²) >= 11 is 0. The molecule has 112 valence electrons. The van der Waals surface area contributed by atoms with Crippen molar-refractivity contribution in [1.82, 2.24) is 9.55 Å². The number of nitrogens with zero attached hydrogens (tertiary/aromatic N) is 2. The van der Waals surface area contributed by atoms with Crippen LogP contribution < -0.4 is 14.2 Å². The van der Waals surface area contributed by atoms with E-state index >= 15 is 0 Å². The van der Waals surface area contributed by atoms with E-state index in [1.54, 1.807) is 29.1 Å². The highest BCUT2D eigenvalue weighted by Crippen LogP contribution is 2.35. The van der Waals surface area contributed by atoms with Crippen LogP contribution in [0.15, 0.2) is 24.5 Å². The van der Waals surface area contributed by atoms with E-state index in [9.17, 15) is 4.79 Å². The summed E-state index contributed by atoms with van der Waals surface area (Å²) in [6.07, 6.45) is 3.37. The first-order chi connectivity index (χ1) is 10.2.